The van der Waals surface area contributed by atoms with E-state index in [0.717, 1.165) is 32.0 Å². The summed E-state index contributed by atoms with van der Waals surface area (Å²) < 4.78 is 26.8. The number of benzene rings is 1. The van der Waals surface area contributed by atoms with E-state index in [1.165, 1.54) is 6.07 Å². The highest BCUT2D eigenvalue weighted by atomic mass is 19.2. The van der Waals surface area contributed by atoms with Gasteiger partial charge in [-0.2, -0.15) is 0 Å². The smallest absolute Gasteiger partial charge is 0.162 e. The van der Waals surface area contributed by atoms with Crippen LogP contribution in [-0.2, 0) is 6.42 Å². The van der Waals surface area contributed by atoms with Crippen molar-refractivity contribution in [3.05, 3.63) is 35.4 Å². The lowest BCUT2D eigenvalue weighted by Crippen LogP contribution is -2.43. The second kappa shape index (κ2) is 4.28. The summed E-state index contributed by atoms with van der Waals surface area (Å²) >= 11 is 0. The number of aliphatic hydroxyl groups is 1. The third-order valence-corrected chi connectivity index (χ3v) is 4.34. The van der Waals surface area contributed by atoms with Crippen LogP contribution in [0.5, 0.6) is 0 Å². The van der Waals surface area contributed by atoms with Gasteiger partial charge in [-0.05, 0) is 37.4 Å². The summed E-state index contributed by atoms with van der Waals surface area (Å²) in [5, 5.41) is 10.7. The lowest BCUT2D eigenvalue weighted by molar-refractivity contribution is 0.0133. The van der Waals surface area contributed by atoms with E-state index in [9.17, 15) is 13.9 Å². The van der Waals surface area contributed by atoms with Gasteiger partial charge in [-0.25, -0.2) is 8.78 Å². The van der Waals surface area contributed by atoms with Gasteiger partial charge in [0.1, 0.15) is 0 Å². The fourth-order valence-electron chi connectivity index (χ4n) is 3.43. The number of hydrogen-bond donors (Lipinski definition) is 1. The quantitative estimate of drug-likeness (QED) is 0.872. The highest BCUT2D eigenvalue weighted by Crippen LogP contribution is 2.38. The third-order valence-electron chi connectivity index (χ3n) is 4.34. The van der Waals surface area contributed by atoms with E-state index in [-0.39, 0.29) is 18.0 Å². The van der Waals surface area contributed by atoms with Crippen molar-refractivity contribution in [1.29, 1.82) is 0 Å². The molecule has 2 unspecified atom stereocenters. The van der Waals surface area contributed by atoms with Gasteiger partial charge in [0.2, 0.25) is 0 Å². The molecule has 1 aromatic carbocycles. The Morgan fingerprint density at radius 2 is 2.17 bits per heavy atom. The highest BCUT2D eigenvalue weighted by molar-refractivity contribution is 5.22. The molecule has 98 valence electrons. The zero-order valence-electron chi connectivity index (χ0n) is 10.2. The van der Waals surface area contributed by atoms with Crippen LogP contribution in [0.25, 0.3) is 0 Å². The fourth-order valence-corrected chi connectivity index (χ4v) is 3.43. The molecule has 1 aromatic rings. The SMILES string of the molecule is OC1(Cc2cccc(F)c2F)CCN2CCCC21. The van der Waals surface area contributed by atoms with E-state index in [0.29, 0.717) is 6.42 Å². The number of nitrogens with zero attached hydrogens (tertiary/aromatic N) is 1. The van der Waals surface area contributed by atoms with Crippen molar-refractivity contribution in [1.82, 2.24) is 4.90 Å². The molecule has 0 radical (unpaired) electrons. The Morgan fingerprint density at radius 1 is 1.33 bits per heavy atom. The Hall–Kier alpha value is -1.00. The van der Waals surface area contributed by atoms with Crippen LogP contribution >= 0.6 is 0 Å². The van der Waals surface area contributed by atoms with Gasteiger partial charge in [0.15, 0.2) is 11.6 Å². The van der Waals surface area contributed by atoms with Gasteiger partial charge in [-0.1, -0.05) is 12.1 Å². The molecule has 4 heteroatoms. The van der Waals surface area contributed by atoms with Crippen LogP contribution in [0.2, 0.25) is 0 Å². The first-order valence-corrected chi connectivity index (χ1v) is 6.49. The van der Waals surface area contributed by atoms with E-state index in [4.69, 9.17) is 0 Å². The Kier molecular flexibility index (Phi) is 2.87. The fraction of sp³-hybridized carbons (Fsp3) is 0.571. The average Bonchev–Trinajstić information content (AvgIpc) is 2.91. The summed E-state index contributed by atoms with van der Waals surface area (Å²) in [6, 6.07) is 4.28. The van der Waals surface area contributed by atoms with Crippen LogP contribution in [-0.4, -0.2) is 34.7 Å². The van der Waals surface area contributed by atoms with Gasteiger partial charge in [0.05, 0.1) is 5.60 Å². The molecule has 0 amide bonds. The molecule has 2 aliphatic rings. The molecule has 0 aliphatic carbocycles. The van der Waals surface area contributed by atoms with Crippen molar-refractivity contribution >= 4 is 0 Å². The van der Waals surface area contributed by atoms with E-state index >= 15 is 0 Å². The summed E-state index contributed by atoms with van der Waals surface area (Å²) in [6.07, 6.45) is 2.89. The Morgan fingerprint density at radius 3 is 3.00 bits per heavy atom. The summed E-state index contributed by atoms with van der Waals surface area (Å²) in [4.78, 5) is 2.26. The Bertz CT molecular complexity index is 465. The number of halogens is 2. The molecular weight excluding hydrogens is 236 g/mol. The predicted octanol–water partition coefficient (Wildman–Crippen LogP) is 2.11. The Balaban J connectivity index is 1.85. The van der Waals surface area contributed by atoms with Crippen LogP contribution in [0.15, 0.2) is 18.2 Å². The van der Waals surface area contributed by atoms with Gasteiger partial charge in [-0.15, -0.1) is 0 Å². The van der Waals surface area contributed by atoms with Crippen LogP contribution in [0.3, 0.4) is 0 Å². The molecule has 2 saturated heterocycles. The van der Waals surface area contributed by atoms with Crippen molar-refractivity contribution in [2.24, 2.45) is 0 Å². The normalized spacial score (nSPS) is 31.8. The standard InChI is InChI=1S/C14H17F2NO/c15-11-4-1-3-10(13(11)16)9-14(18)6-8-17-7-2-5-12(14)17/h1,3-4,12,18H,2,5-9H2. The lowest BCUT2D eigenvalue weighted by Gasteiger charge is -2.30. The van der Waals surface area contributed by atoms with E-state index in [2.05, 4.69) is 4.90 Å². The first-order chi connectivity index (χ1) is 8.60. The molecule has 1 N–H and O–H groups in total. The molecule has 0 aromatic heterocycles. The topological polar surface area (TPSA) is 23.5 Å². The molecule has 0 spiro atoms. The monoisotopic (exact) mass is 253 g/mol. The summed E-state index contributed by atoms with van der Waals surface area (Å²) in [5.41, 5.74) is -0.614. The van der Waals surface area contributed by atoms with Crippen LogP contribution in [0.4, 0.5) is 8.78 Å². The third kappa shape index (κ3) is 1.84. The van der Waals surface area contributed by atoms with Gasteiger partial charge in [-0.3, -0.25) is 4.90 Å². The van der Waals surface area contributed by atoms with Crippen LogP contribution in [0.1, 0.15) is 24.8 Å². The molecule has 3 rings (SSSR count). The Labute approximate surface area is 105 Å². The maximum atomic E-state index is 13.7. The molecule has 2 atom stereocenters. The summed E-state index contributed by atoms with van der Waals surface area (Å²) in [5.74, 6) is -1.65. The van der Waals surface area contributed by atoms with Crippen molar-refractivity contribution in [3.8, 4) is 0 Å². The minimum Gasteiger partial charge on any atom is -0.388 e. The minimum atomic E-state index is -0.898. The number of fused-ring (bicyclic) bond motifs is 1. The van der Waals surface area contributed by atoms with E-state index in [1.54, 1.807) is 6.07 Å². The van der Waals surface area contributed by atoms with Crippen molar-refractivity contribution in [3.63, 3.8) is 0 Å². The molecule has 18 heavy (non-hydrogen) atoms. The minimum absolute atomic E-state index is 0.111. The highest BCUT2D eigenvalue weighted by Gasteiger charge is 2.48. The summed E-state index contributed by atoms with van der Waals surface area (Å²) in [7, 11) is 0. The van der Waals surface area contributed by atoms with Gasteiger partial charge < -0.3 is 5.11 Å². The van der Waals surface area contributed by atoms with Crippen LogP contribution < -0.4 is 0 Å². The van der Waals surface area contributed by atoms with Crippen molar-refractivity contribution in [2.45, 2.75) is 37.3 Å². The van der Waals surface area contributed by atoms with Gasteiger partial charge in [0, 0.05) is 19.0 Å². The van der Waals surface area contributed by atoms with Crippen molar-refractivity contribution < 1.29 is 13.9 Å². The maximum absolute atomic E-state index is 13.7. The lowest BCUT2D eigenvalue weighted by atomic mass is 9.86. The molecule has 2 fully saturated rings. The first-order valence-electron chi connectivity index (χ1n) is 6.49. The predicted molar refractivity (Wildman–Crippen MR) is 64.2 cm³/mol. The maximum Gasteiger partial charge on any atom is 0.162 e. The zero-order chi connectivity index (χ0) is 12.8. The average molecular weight is 253 g/mol. The second-order valence-electron chi connectivity index (χ2n) is 5.44. The molecule has 2 aliphatic heterocycles. The van der Waals surface area contributed by atoms with Gasteiger partial charge in [0.25, 0.3) is 0 Å². The summed E-state index contributed by atoms with van der Waals surface area (Å²) in [6.45, 7) is 1.87. The zero-order valence-corrected chi connectivity index (χ0v) is 10.2. The van der Waals surface area contributed by atoms with Gasteiger partial charge >= 0.3 is 0 Å². The number of rotatable bonds is 2. The van der Waals surface area contributed by atoms with E-state index in [1.807, 2.05) is 0 Å². The molecule has 2 nitrogen and oxygen atoms in total. The van der Waals surface area contributed by atoms with Crippen LogP contribution in [0, 0.1) is 11.6 Å². The molecule has 0 saturated carbocycles. The largest absolute Gasteiger partial charge is 0.388 e. The molecule has 0 bridgehead atoms. The van der Waals surface area contributed by atoms with E-state index < -0.39 is 17.2 Å². The number of hydrogen-bond acceptors (Lipinski definition) is 2. The van der Waals surface area contributed by atoms with Crippen molar-refractivity contribution in [2.75, 3.05) is 13.1 Å². The second-order valence-corrected chi connectivity index (χ2v) is 5.44. The molecule has 2 heterocycles. The first kappa shape index (κ1) is 12.1. The molecular formula is C14H17F2NO.